The van der Waals surface area contributed by atoms with Crippen molar-refractivity contribution < 1.29 is 23.5 Å². The molecule has 0 saturated heterocycles. The molecule has 0 amide bonds. The third-order valence-corrected chi connectivity index (χ3v) is 10.2. The summed E-state index contributed by atoms with van der Waals surface area (Å²) in [5, 5.41) is 24.7. The van der Waals surface area contributed by atoms with Gasteiger partial charge in [0.1, 0.15) is 22.7 Å². The second-order valence-electron chi connectivity index (χ2n) is 14.5. The molecule has 0 spiro atoms. The Morgan fingerprint density at radius 1 is 0.741 bits per heavy atom. The van der Waals surface area contributed by atoms with Crippen LogP contribution in [-0.2, 0) is 29.0 Å². The maximum absolute atomic E-state index is 13.6. The van der Waals surface area contributed by atoms with Crippen LogP contribution >= 0.6 is 0 Å². The number of carbonyl (C=O) groups is 1. The number of rotatable bonds is 12. The van der Waals surface area contributed by atoms with E-state index >= 15 is 0 Å². The van der Waals surface area contributed by atoms with E-state index in [0.717, 1.165) is 38.9 Å². The van der Waals surface area contributed by atoms with Crippen molar-refractivity contribution in [2.75, 3.05) is 0 Å². The van der Waals surface area contributed by atoms with Crippen molar-refractivity contribution in [3.8, 4) is 22.5 Å². The quantitative estimate of drug-likeness (QED) is 0.0961. The fourth-order valence-corrected chi connectivity index (χ4v) is 7.49. The summed E-state index contributed by atoms with van der Waals surface area (Å²) in [5.41, 5.74) is 4.42. The summed E-state index contributed by atoms with van der Waals surface area (Å²) >= 11 is 0. The van der Waals surface area contributed by atoms with Crippen LogP contribution in [0.25, 0.3) is 22.5 Å². The van der Waals surface area contributed by atoms with Gasteiger partial charge in [-0.1, -0.05) is 140 Å². The number of tetrazole rings is 1. The van der Waals surface area contributed by atoms with Crippen LogP contribution in [0, 0.1) is 13.8 Å². The molecule has 8 aromatic rings. The highest BCUT2D eigenvalue weighted by molar-refractivity contribution is 5.89. The Balaban J connectivity index is 1.17. The first-order valence-electron chi connectivity index (χ1n) is 18.8. The predicted octanol–water partition coefficient (Wildman–Crippen LogP) is 7.84. The van der Waals surface area contributed by atoms with E-state index in [1.54, 1.807) is 32.3 Å². The molecule has 0 fully saturated rings. The smallest absolute Gasteiger partial charge is 0.453 e. The van der Waals surface area contributed by atoms with Crippen LogP contribution in [0.4, 0.5) is 0 Å². The number of imidazole rings is 1. The van der Waals surface area contributed by atoms with Gasteiger partial charge >= 0.3 is 11.8 Å². The largest absolute Gasteiger partial charge is 0.519 e. The molecule has 0 bridgehead atoms. The number of hydrogen-bond donors (Lipinski definition) is 1. The van der Waals surface area contributed by atoms with Gasteiger partial charge in [0, 0.05) is 12.1 Å². The molecule has 0 aliphatic heterocycles. The van der Waals surface area contributed by atoms with Gasteiger partial charge in [-0.05, 0) is 71.5 Å². The summed E-state index contributed by atoms with van der Waals surface area (Å²) in [6.45, 7) is 6.35. The zero-order valence-corrected chi connectivity index (χ0v) is 32.4. The van der Waals surface area contributed by atoms with Gasteiger partial charge in [-0.3, -0.25) is 0 Å². The van der Waals surface area contributed by atoms with Crippen LogP contribution < -0.4 is 5.82 Å². The monoisotopic (exact) mass is 772 g/mol. The van der Waals surface area contributed by atoms with Crippen molar-refractivity contribution in [3.05, 3.63) is 201 Å². The first kappa shape index (κ1) is 37.7. The van der Waals surface area contributed by atoms with Gasteiger partial charge in [0.2, 0.25) is 0 Å². The summed E-state index contributed by atoms with van der Waals surface area (Å²) < 4.78 is 19.1. The summed E-state index contributed by atoms with van der Waals surface area (Å²) in [6, 6.07) is 46.9. The Hall–Kier alpha value is -7.18. The fourth-order valence-electron chi connectivity index (χ4n) is 7.49. The zero-order valence-electron chi connectivity index (χ0n) is 32.4. The van der Waals surface area contributed by atoms with Crippen molar-refractivity contribution in [1.29, 1.82) is 0 Å². The number of esters is 1. The van der Waals surface area contributed by atoms with Crippen molar-refractivity contribution in [3.63, 3.8) is 0 Å². The molecule has 3 heterocycles. The van der Waals surface area contributed by atoms with Crippen molar-refractivity contribution in [2.24, 2.45) is 0 Å². The van der Waals surface area contributed by atoms with Crippen LogP contribution in [0.3, 0.4) is 0 Å². The molecule has 0 saturated carbocycles. The van der Waals surface area contributed by atoms with Gasteiger partial charge in [0.25, 0.3) is 0 Å². The number of aliphatic hydroxyl groups is 1. The number of nitrogens with zero attached hydrogens (tertiary/aromatic N) is 6. The average Bonchev–Trinajstić information content (AvgIpc) is 3.95. The van der Waals surface area contributed by atoms with Gasteiger partial charge in [-0.25, -0.2) is 19.3 Å². The fraction of sp³-hybridized carbons (Fsp3) is 0.174. The number of carbonyl (C=O) groups excluding carboxylic acids is 1. The second-order valence-corrected chi connectivity index (χ2v) is 14.5. The molecule has 0 atom stereocenters. The van der Waals surface area contributed by atoms with E-state index in [4.69, 9.17) is 18.8 Å². The van der Waals surface area contributed by atoms with E-state index in [1.165, 1.54) is 0 Å². The van der Waals surface area contributed by atoms with Crippen molar-refractivity contribution >= 4 is 5.97 Å². The third-order valence-electron chi connectivity index (χ3n) is 10.2. The van der Waals surface area contributed by atoms with Crippen LogP contribution in [0.2, 0.25) is 0 Å². The lowest BCUT2D eigenvalue weighted by Gasteiger charge is -2.36. The Kier molecular flexibility index (Phi) is 10.0. The number of ether oxygens (including phenoxy) is 1. The molecule has 0 unspecified atom stereocenters. The summed E-state index contributed by atoms with van der Waals surface area (Å²) in [6.07, 6.45) is 0. The minimum Gasteiger partial charge on any atom is -0.453 e. The van der Waals surface area contributed by atoms with Crippen LogP contribution in [0.15, 0.2) is 153 Å². The standard InChI is InChI=1S/C46H40N6O6/c1-30-39(58-44(54)57-30)29-56-43(53)40-41(45(3,4)55)47-31(2)51(40)28-32-24-26-33(27-25-32)37-22-14-15-23-38(37)42-48-49-50-52(42)46(34-16-8-5-9-17-34,35-18-10-6-11-19-35)36-20-12-7-13-21-36/h5-27,55H,28-29H2,1-4H3. The van der Waals surface area contributed by atoms with Crippen LogP contribution in [-0.4, -0.2) is 40.8 Å². The van der Waals surface area contributed by atoms with Gasteiger partial charge < -0.3 is 23.2 Å². The number of aromatic nitrogens is 6. The first-order valence-corrected chi connectivity index (χ1v) is 18.8. The van der Waals surface area contributed by atoms with Gasteiger partial charge in [0.15, 0.2) is 29.6 Å². The lowest BCUT2D eigenvalue weighted by atomic mass is 9.77. The lowest BCUT2D eigenvalue weighted by Crippen LogP contribution is -2.39. The minimum absolute atomic E-state index is 0.0912. The molecule has 12 nitrogen and oxygen atoms in total. The summed E-state index contributed by atoms with van der Waals surface area (Å²) in [4.78, 5) is 29.7. The number of hydrogen-bond acceptors (Lipinski definition) is 10. The second kappa shape index (κ2) is 15.4. The van der Waals surface area contributed by atoms with Gasteiger partial charge in [0.05, 0.1) is 0 Å². The average molecular weight is 773 g/mol. The maximum Gasteiger partial charge on any atom is 0.519 e. The molecule has 0 radical (unpaired) electrons. The minimum atomic E-state index is -1.45. The Bertz CT molecular complexity index is 2650. The molecule has 290 valence electrons. The van der Waals surface area contributed by atoms with Crippen molar-refractivity contribution in [1.82, 2.24) is 29.8 Å². The van der Waals surface area contributed by atoms with Crippen molar-refractivity contribution in [2.45, 2.75) is 52.0 Å². The van der Waals surface area contributed by atoms with E-state index in [-0.39, 0.29) is 36.1 Å². The normalized spacial score (nSPS) is 11.8. The highest BCUT2D eigenvalue weighted by Gasteiger charge is 2.42. The molecule has 0 aliphatic carbocycles. The maximum atomic E-state index is 13.6. The summed E-state index contributed by atoms with van der Waals surface area (Å²) in [5.74, 6) is -0.215. The highest BCUT2D eigenvalue weighted by Crippen LogP contribution is 2.43. The van der Waals surface area contributed by atoms with E-state index in [1.807, 2.05) is 108 Å². The lowest BCUT2D eigenvalue weighted by molar-refractivity contribution is 0.0395. The molecule has 5 aromatic carbocycles. The molecular weight excluding hydrogens is 733 g/mol. The molecule has 3 aromatic heterocycles. The summed E-state index contributed by atoms with van der Waals surface area (Å²) in [7, 11) is 0. The molecule has 58 heavy (non-hydrogen) atoms. The number of benzene rings is 5. The van der Waals surface area contributed by atoms with E-state index < -0.39 is 22.9 Å². The van der Waals surface area contributed by atoms with Crippen LogP contribution in [0.1, 0.15) is 69.6 Å². The van der Waals surface area contributed by atoms with E-state index in [0.29, 0.717) is 11.6 Å². The molecule has 12 heteroatoms. The molecular formula is C46H40N6O6. The number of aryl methyl sites for hydroxylation is 2. The van der Waals surface area contributed by atoms with Crippen LogP contribution in [0.5, 0.6) is 0 Å². The van der Waals surface area contributed by atoms with Gasteiger partial charge in [-0.2, -0.15) is 0 Å². The molecule has 8 rings (SSSR count). The third kappa shape index (κ3) is 6.94. The van der Waals surface area contributed by atoms with E-state index in [2.05, 4.69) is 51.7 Å². The Labute approximate surface area is 334 Å². The molecule has 1 N–H and O–H groups in total. The SMILES string of the molecule is Cc1oc(=O)oc1COC(=O)c1c(C(C)(C)O)nc(C)n1Cc1ccc(-c2ccccc2-c2nnnn2C(c2ccccc2)(c2ccccc2)c2ccccc2)cc1. The highest BCUT2D eigenvalue weighted by atomic mass is 16.6. The first-order chi connectivity index (χ1) is 28.1. The predicted molar refractivity (Wildman–Crippen MR) is 216 cm³/mol. The molecule has 0 aliphatic rings. The Morgan fingerprint density at radius 3 is 1.83 bits per heavy atom. The Morgan fingerprint density at radius 2 is 1.29 bits per heavy atom. The topological polar surface area (TPSA) is 151 Å². The van der Waals surface area contributed by atoms with E-state index in [9.17, 15) is 14.7 Å². The van der Waals surface area contributed by atoms with Gasteiger partial charge in [-0.15, -0.1) is 5.10 Å². The zero-order chi connectivity index (χ0) is 40.4.